The van der Waals surface area contributed by atoms with Crippen molar-refractivity contribution >= 4 is 16.8 Å². The molecule has 1 aliphatic heterocycles. The third-order valence-corrected chi connectivity index (χ3v) is 6.14. The predicted octanol–water partition coefficient (Wildman–Crippen LogP) is 4.96. The van der Waals surface area contributed by atoms with Gasteiger partial charge in [-0.2, -0.15) is 5.10 Å². The number of nitrogens with zero attached hydrogens (tertiary/aromatic N) is 4. The lowest BCUT2D eigenvalue weighted by Gasteiger charge is -2.33. The minimum atomic E-state index is -0.490. The Kier molecular flexibility index (Phi) is 5.38. The van der Waals surface area contributed by atoms with Crippen LogP contribution in [0.4, 0.5) is 4.39 Å². The van der Waals surface area contributed by atoms with Crippen LogP contribution in [0.5, 0.6) is 5.75 Å². The SMILES string of the molecule is C=CC(=O)N1CCCC(n2nc3ccc(-c4c(O)cccc4F)cc3c2-c2cccnc2)C1. The number of halogens is 1. The van der Waals surface area contributed by atoms with E-state index in [-0.39, 0.29) is 23.3 Å². The molecule has 7 heteroatoms. The number of aromatic nitrogens is 3. The number of carbonyl (C=O) groups excluding carboxylic acids is 1. The molecule has 1 amide bonds. The van der Waals surface area contributed by atoms with E-state index < -0.39 is 5.82 Å². The van der Waals surface area contributed by atoms with Crippen molar-refractivity contribution in [3.63, 3.8) is 0 Å². The second kappa shape index (κ2) is 8.50. The van der Waals surface area contributed by atoms with Gasteiger partial charge < -0.3 is 10.0 Å². The van der Waals surface area contributed by atoms with E-state index in [0.29, 0.717) is 18.7 Å². The molecule has 6 nitrogen and oxygen atoms in total. The number of likely N-dealkylation sites (tertiary alicyclic amines) is 1. The van der Waals surface area contributed by atoms with Crippen molar-refractivity contribution in [3.05, 3.63) is 79.4 Å². The molecular weight excluding hydrogens is 419 g/mol. The summed E-state index contributed by atoms with van der Waals surface area (Å²) < 4.78 is 16.5. The monoisotopic (exact) mass is 442 g/mol. The molecule has 1 atom stereocenters. The Bertz CT molecular complexity index is 1330. The summed E-state index contributed by atoms with van der Waals surface area (Å²) in [5.41, 5.74) is 3.20. The van der Waals surface area contributed by atoms with Crippen molar-refractivity contribution in [2.24, 2.45) is 0 Å². The first kappa shape index (κ1) is 20.9. The number of fused-ring (bicyclic) bond motifs is 1. The highest BCUT2D eigenvalue weighted by Crippen LogP contribution is 2.38. The van der Waals surface area contributed by atoms with Crippen LogP contribution in [0.25, 0.3) is 33.3 Å². The highest BCUT2D eigenvalue weighted by Gasteiger charge is 2.27. The molecule has 3 heterocycles. The van der Waals surface area contributed by atoms with Crippen LogP contribution in [0, 0.1) is 5.82 Å². The Morgan fingerprint density at radius 1 is 1.18 bits per heavy atom. The number of aromatic hydroxyl groups is 1. The number of pyridine rings is 1. The lowest BCUT2D eigenvalue weighted by atomic mass is 9.99. The van der Waals surface area contributed by atoms with E-state index >= 15 is 0 Å². The Labute approximate surface area is 190 Å². The van der Waals surface area contributed by atoms with E-state index in [0.717, 1.165) is 35.0 Å². The van der Waals surface area contributed by atoms with Crippen molar-refractivity contribution in [2.75, 3.05) is 13.1 Å². The van der Waals surface area contributed by atoms with E-state index in [9.17, 15) is 14.3 Å². The van der Waals surface area contributed by atoms with Crippen molar-refractivity contribution in [1.29, 1.82) is 0 Å². The van der Waals surface area contributed by atoms with Crippen LogP contribution in [-0.2, 0) is 4.79 Å². The summed E-state index contributed by atoms with van der Waals surface area (Å²) in [5, 5.41) is 16.0. The van der Waals surface area contributed by atoms with Gasteiger partial charge in [0.1, 0.15) is 11.6 Å². The zero-order valence-electron chi connectivity index (χ0n) is 18.0. The summed E-state index contributed by atoms with van der Waals surface area (Å²) in [7, 11) is 0. The molecule has 4 aromatic rings. The minimum absolute atomic E-state index is 0.0180. The average molecular weight is 442 g/mol. The Morgan fingerprint density at radius 3 is 2.82 bits per heavy atom. The molecule has 166 valence electrons. The molecule has 1 saturated heterocycles. The average Bonchev–Trinajstić information content (AvgIpc) is 3.23. The topological polar surface area (TPSA) is 71.2 Å². The molecule has 0 saturated carbocycles. The molecule has 1 aliphatic rings. The molecule has 0 radical (unpaired) electrons. The van der Waals surface area contributed by atoms with Gasteiger partial charge >= 0.3 is 0 Å². The summed E-state index contributed by atoms with van der Waals surface area (Å²) in [4.78, 5) is 18.3. The normalized spacial score (nSPS) is 16.2. The summed E-state index contributed by atoms with van der Waals surface area (Å²) >= 11 is 0. The zero-order chi connectivity index (χ0) is 22.9. The molecule has 5 rings (SSSR count). The van der Waals surface area contributed by atoms with E-state index in [1.807, 2.05) is 28.9 Å². The number of hydrogen-bond donors (Lipinski definition) is 1. The highest BCUT2D eigenvalue weighted by atomic mass is 19.1. The van der Waals surface area contributed by atoms with E-state index in [1.54, 1.807) is 23.4 Å². The van der Waals surface area contributed by atoms with Gasteiger partial charge in [0.05, 0.1) is 22.8 Å². The number of piperidine rings is 1. The fourth-order valence-electron chi connectivity index (χ4n) is 4.59. The van der Waals surface area contributed by atoms with Crippen LogP contribution in [0.15, 0.2) is 73.6 Å². The smallest absolute Gasteiger partial charge is 0.246 e. The van der Waals surface area contributed by atoms with Crippen LogP contribution in [-0.4, -0.2) is 43.8 Å². The number of hydrogen-bond acceptors (Lipinski definition) is 4. The van der Waals surface area contributed by atoms with Crippen LogP contribution in [0.3, 0.4) is 0 Å². The molecule has 1 N–H and O–H groups in total. The molecule has 2 aromatic heterocycles. The van der Waals surface area contributed by atoms with Crippen LogP contribution < -0.4 is 0 Å². The number of phenolic OH excluding ortho intramolecular Hbond substituents is 1. The van der Waals surface area contributed by atoms with Crippen LogP contribution >= 0.6 is 0 Å². The molecular formula is C26H23FN4O2. The number of carbonyl (C=O) groups is 1. The third kappa shape index (κ3) is 3.75. The maximum atomic E-state index is 14.6. The number of benzene rings is 2. The van der Waals surface area contributed by atoms with E-state index in [2.05, 4.69) is 11.6 Å². The first-order chi connectivity index (χ1) is 16.1. The highest BCUT2D eigenvalue weighted by molar-refractivity contribution is 5.96. The first-order valence-electron chi connectivity index (χ1n) is 10.9. The first-order valence-corrected chi connectivity index (χ1v) is 10.9. The van der Waals surface area contributed by atoms with Gasteiger partial charge in [0, 0.05) is 36.4 Å². The summed E-state index contributed by atoms with van der Waals surface area (Å²) in [6.07, 6.45) is 6.57. The molecule has 0 aliphatic carbocycles. The Morgan fingerprint density at radius 2 is 2.06 bits per heavy atom. The molecule has 1 fully saturated rings. The fourth-order valence-corrected chi connectivity index (χ4v) is 4.59. The lowest BCUT2D eigenvalue weighted by molar-refractivity contribution is -0.127. The van der Waals surface area contributed by atoms with Crippen molar-refractivity contribution in [1.82, 2.24) is 19.7 Å². The Balaban J connectivity index is 1.69. The van der Waals surface area contributed by atoms with Crippen molar-refractivity contribution < 1.29 is 14.3 Å². The number of amides is 1. The van der Waals surface area contributed by atoms with Gasteiger partial charge in [-0.15, -0.1) is 0 Å². The fraction of sp³-hybridized carbons (Fsp3) is 0.192. The van der Waals surface area contributed by atoms with Crippen molar-refractivity contribution in [3.8, 4) is 28.1 Å². The van der Waals surface area contributed by atoms with Gasteiger partial charge in [-0.3, -0.25) is 14.5 Å². The van der Waals surface area contributed by atoms with Crippen LogP contribution in [0.2, 0.25) is 0 Å². The summed E-state index contributed by atoms with van der Waals surface area (Å²) in [6.45, 7) is 4.84. The maximum Gasteiger partial charge on any atom is 0.246 e. The minimum Gasteiger partial charge on any atom is -0.507 e. The molecule has 0 spiro atoms. The van der Waals surface area contributed by atoms with Gasteiger partial charge in [0.25, 0.3) is 0 Å². The second-order valence-corrected chi connectivity index (χ2v) is 8.19. The quantitative estimate of drug-likeness (QED) is 0.454. The lowest BCUT2D eigenvalue weighted by Crippen LogP contribution is -2.40. The predicted molar refractivity (Wildman–Crippen MR) is 125 cm³/mol. The molecule has 2 aromatic carbocycles. The summed E-state index contributed by atoms with van der Waals surface area (Å²) in [5.74, 6) is -0.692. The van der Waals surface area contributed by atoms with Gasteiger partial charge in [-0.05, 0) is 60.9 Å². The van der Waals surface area contributed by atoms with Crippen molar-refractivity contribution in [2.45, 2.75) is 18.9 Å². The molecule has 0 bridgehead atoms. The van der Waals surface area contributed by atoms with E-state index in [4.69, 9.17) is 5.10 Å². The standard InChI is InChI=1S/C26H23FN4O2/c1-2-24(33)30-13-5-7-19(16-30)31-26(18-6-4-12-28-15-18)20-14-17(10-11-22(20)29-31)25-21(27)8-3-9-23(25)32/h2-4,6,8-12,14-15,19,32H,1,5,7,13,16H2. The van der Waals surface area contributed by atoms with Gasteiger partial charge in [-0.25, -0.2) is 4.39 Å². The van der Waals surface area contributed by atoms with E-state index in [1.165, 1.54) is 24.3 Å². The number of phenols is 1. The molecule has 33 heavy (non-hydrogen) atoms. The van der Waals surface area contributed by atoms with Gasteiger partial charge in [0.2, 0.25) is 5.91 Å². The summed E-state index contributed by atoms with van der Waals surface area (Å²) in [6, 6.07) is 13.5. The largest absolute Gasteiger partial charge is 0.507 e. The van der Waals surface area contributed by atoms with Gasteiger partial charge in [-0.1, -0.05) is 18.7 Å². The zero-order valence-corrected chi connectivity index (χ0v) is 18.0. The third-order valence-electron chi connectivity index (χ3n) is 6.14. The molecule has 1 unspecified atom stereocenters. The number of rotatable bonds is 4. The maximum absolute atomic E-state index is 14.6. The van der Waals surface area contributed by atoms with Gasteiger partial charge in [0.15, 0.2) is 0 Å². The second-order valence-electron chi connectivity index (χ2n) is 8.19. The Hall–Kier alpha value is -4.00. The van der Waals surface area contributed by atoms with Crippen LogP contribution in [0.1, 0.15) is 18.9 Å².